The third-order valence-corrected chi connectivity index (χ3v) is 4.21. The molecule has 0 saturated carbocycles. The second-order valence-electron chi connectivity index (χ2n) is 5.63. The molecule has 2 heteroatoms. The summed E-state index contributed by atoms with van der Waals surface area (Å²) in [5, 5.41) is 1.17. The van der Waals surface area contributed by atoms with E-state index in [0.717, 1.165) is 0 Å². The number of hydrogen-bond donors (Lipinski definition) is 1. The molecule has 0 atom stereocenters. The fraction of sp³-hybridized carbons (Fsp3) is 0.889. The van der Waals surface area contributed by atoms with Crippen LogP contribution in [0.4, 0.5) is 0 Å². The van der Waals surface area contributed by atoms with Crippen LogP contribution in [-0.4, -0.2) is 5.33 Å². The number of rotatable bonds is 15. The summed E-state index contributed by atoms with van der Waals surface area (Å²) in [6.07, 6.45) is 24.3. The number of alkyl halides is 1. The largest absolute Gasteiger partial charge is 0.344 e. The summed E-state index contributed by atoms with van der Waals surface area (Å²) in [6.45, 7) is 2.28. The van der Waals surface area contributed by atoms with E-state index in [9.17, 15) is 0 Å². The quantitative estimate of drug-likeness (QED) is 0.185. The molecule has 122 valence electrons. The minimum atomic E-state index is 0. The van der Waals surface area contributed by atoms with E-state index in [1.54, 1.807) is 0 Å². The number of allylic oxidation sites excluding steroid dienone is 2. The molecule has 0 amide bonds. The van der Waals surface area contributed by atoms with Gasteiger partial charge in [0.15, 0.2) is 0 Å². The van der Waals surface area contributed by atoms with Crippen molar-refractivity contribution in [3.63, 3.8) is 0 Å². The van der Waals surface area contributed by atoms with Crippen LogP contribution in [0.2, 0.25) is 0 Å². The topological polar surface area (TPSA) is 35.0 Å². The van der Waals surface area contributed by atoms with Crippen molar-refractivity contribution in [3.05, 3.63) is 12.2 Å². The van der Waals surface area contributed by atoms with E-state index < -0.39 is 0 Å². The van der Waals surface area contributed by atoms with Gasteiger partial charge < -0.3 is 6.15 Å². The molecule has 20 heavy (non-hydrogen) atoms. The Labute approximate surface area is 136 Å². The zero-order valence-electron chi connectivity index (χ0n) is 13.8. The molecular formula is C18H38BrN. The Morgan fingerprint density at radius 3 is 1.45 bits per heavy atom. The summed E-state index contributed by atoms with van der Waals surface area (Å²) in [7, 11) is 0. The number of unbranched alkanes of at least 4 members (excludes halogenated alkanes) is 12. The molecule has 0 aliphatic heterocycles. The summed E-state index contributed by atoms with van der Waals surface area (Å²) in [4.78, 5) is 0. The standard InChI is InChI=1S/C18H35Br.H3N/c1-2-3-4-5-6-7-8-9-10-11-12-13-14-15-16-17-18-19;/h9-10H,2-8,11-18H2,1H3;1H3/b10-9-;. The monoisotopic (exact) mass is 347 g/mol. The molecule has 3 N–H and O–H groups in total. The summed E-state index contributed by atoms with van der Waals surface area (Å²) < 4.78 is 0. The minimum absolute atomic E-state index is 0. The highest BCUT2D eigenvalue weighted by molar-refractivity contribution is 9.09. The molecule has 0 aromatic carbocycles. The van der Waals surface area contributed by atoms with Crippen molar-refractivity contribution in [3.8, 4) is 0 Å². The Hall–Kier alpha value is 0.180. The maximum atomic E-state index is 3.48. The molecule has 0 saturated heterocycles. The van der Waals surface area contributed by atoms with Crippen LogP contribution in [0.25, 0.3) is 0 Å². The second kappa shape index (κ2) is 21.5. The van der Waals surface area contributed by atoms with Crippen molar-refractivity contribution >= 4 is 15.9 Å². The average molecular weight is 348 g/mol. The maximum Gasteiger partial charge on any atom is 0.00313 e. The lowest BCUT2D eigenvalue weighted by Gasteiger charge is -1.99. The van der Waals surface area contributed by atoms with Crippen molar-refractivity contribution in [1.29, 1.82) is 0 Å². The van der Waals surface area contributed by atoms with Crippen LogP contribution >= 0.6 is 15.9 Å². The van der Waals surface area contributed by atoms with Gasteiger partial charge in [0.25, 0.3) is 0 Å². The summed E-state index contributed by atoms with van der Waals surface area (Å²) in [5.41, 5.74) is 0. The molecule has 0 radical (unpaired) electrons. The van der Waals surface area contributed by atoms with E-state index in [1.807, 2.05) is 0 Å². The molecule has 0 aromatic rings. The second-order valence-corrected chi connectivity index (χ2v) is 6.42. The first-order valence-corrected chi connectivity index (χ1v) is 9.75. The van der Waals surface area contributed by atoms with Gasteiger partial charge in [0.05, 0.1) is 0 Å². The normalized spacial score (nSPS) is 10.9. The lowest BCUT2D eigenvalue weighted by Crippen LogP contribution is -1.80. The highest BCUT2D eigenvalue weighted by atomic mass is 79.9. The van der Waals surface area contributed by atoms with Gasteiger partial charge in [0.2, 0.25) is 0 Å². The molecule has 0 aliphatic rings. The van der Waals surface area contributed by atoms with Crippen molar-refractivity contribution in [2.24, 2.45) is 0 Å². The van der Waals surface area contributed by atoms with E-state index >= 15 is 0 Å². The molecule has 0 spiro atoms. The Morgan fingerprint density at radius 2 is 1.00 bits per heavy atom. The van der Waals surface area contributed by atoms with Crippen LogP contribution in [0.5, 0.6) is 0 Å². The average Bonchev–Trinajstić information content (AvgIpc) is 2.43. The lowest BCUT2D eigenvalue weighted by molar-refractivity contribution is 0.607. The van der Waals surface area contributed by atoms with Crippen molar-refractivity contribution in [1.82, 2.24) is 6.15 Å². The van der Waals surface area contributed by atoms with Gasteiger partial charge in [0.1, 0.15) is 0 Å². The smallest absolute Gasteiger partial charge is 0.00313 e. The van der Waals surface area contributed by atoms with Crippen LogP contribution in [0.15, 0.2) is 12.2 Å². The zero-order valence-corrected chi connectivity index (χ0v) is 15.4. The predicted octanol–water partition coefficient (Wildman–Crippen LogP) is 7.58. The van der Waals surface area contributed by atoms with Crippen LogP contribution in [0.1, 0.15) is 96.8 Å². The Kier molecular flexibility index (Phi) is 24.1. The molecule has 1 nitrogen and oxygen atoms in total. The van der Waals surface area contributed by atoms with Crippen LogP contribution in [-0.2, 0) is 0 Å². The van der Waals surface area contributed by atoms with Gasteiger partial charge in [-0.1, -0.05) is 92.8 Å². The van der Waals surface area contributed by atoms with E-state index in [-0.39, 0.29) is 6.15 Å². The van der Waals surface area contributed by atoms with E-state index in [2.05, 4.69) is 35.0 Å². The summed E-state index contributed by atoms with van der Waals surface area (Å²) in [6, 6.07) is 0. The lowest BCUT2D eigenvalue weighted by atomic mass is 10.1. The third-order valence-electron chi connectivity index (χ3n) is 3.65. The number of halogens is 1. The molecule has 0 rings (SSSR count). The van der Waals surface area contributed by atoms with Crippen molar-refractivity contribution in [2.45, 2.75) is 96.8 Å². The molecular weight excluding hydrogens is 310 g/mol. The van der Waals surface area contributed by atoms with Gasteiger partial charge in [-0.05, 0) is 32.1 Å². The molecule has 0 bridgehead atoms. The van der Waals surface area contributed by atoms with Crippen LogP contribution in [0, 0.1) is 0 Å². The fourth-order valence-corrected chi connectivity index (χ4v) is 2.74. The molecule has 0 unspecified atom stereocenters. The van der Waals surface area contributed by atoms with Gasteiger partial charge in [-0.25, -0.2) is 0 Å². The molecule has 0 aromatic heterocycles. The predicted molar refractivity (Wildman–Crippen MR) is 98.3 cm³/mol. The van der Waals surface area contributed by atoms with Crippen LogP contribution in [0.3, 0.4) is 0 Å². The van der Waals surface area contributed by atoms with Crippen LogP contribution < -0.4 is 6.15 Å². The zero-order chi connectivity index (χ0) is 14.0. The third kappa shape index (κ3) is 20.5. The minimum Gasteiger partial charge on any atom is -0.344 e. The van der Waals surface area contributed by atoms with Gasteiger partial charge in [0, 0.05) is 5.33 Å². The van der Waals surface area contributed by atoms with Gasteiger partial charge in [-0.15, -0.1) is 0 Å². The molecule has 0 heterocycles. The van der Waals surface area contributed by atoms with E-state index in [0.29, 0.717) is 0 Å². The van der Waals surface area contributed by atoms with Gasteiger partial charge in [-0.2, -0.15) is 0 Å². The first kappa shape index (κ1) is 22.5. The van der Waals surface area contributed by atoms with Crippen molar-refractivity contribution in [2.75, 3.05) is 5.33 Å². The van der Waals surface area contributed by atoms with Crippen molar-refractivity contribution < 1.29 is 0 Å². The Morgan fingerprint density at radius 1 is 0.600 bits per heavy atom. The van der Waals surface area contributed by atoms with E-state index in [1.165, 1.54) is 95.2 Å². The Balaban J connectivity index is 0. The highest BCUT2D eigenvalue weighted by Crippen LogP contribution is 2.10. The summed E-state index contributed by atoms with van der Waals surface area (Å²) in [5.74, 6) is 0. The van der Waals surface area contributed by atoms with Gasteiger partial charge in [-0.3, -0.25) is 0 Å². The fourth-order valence-electron chi connectivity index (χ4n) is 2.34. The highest BCUT2D eigenvalue weighted by Gasteiger charge is 1.90. The first-order chi connectivity index (χ1) is 9.41. The Bertz CT molecular complexity index is 180. The maximum absolute atomic E-state index is 3.48. The SMILES string of the molecule is CCCCCCCC/C=C\CCCCCCCCBr.N. The first-order valence-electron chi connectivity index (χ1n) is 8.62. The molecule has 0 fully saturated rings. The number of hydrogen-bond acceptors (Lipinski definition) is 1. The van der Waals surface area contributed by atoms with Gasteiger partial charge >= 0.3 is 0 Å². The van der Waals surface area contributed by atoms with E-state index in [4.69, 9.17) is 0 Å². The summed E-state index contributed by atoms with van der Waals surface area (Å²) >= 11 is 3.48. The molecule has 0 aliphatic carbocycles.